The standard InChI is InChI=1S/C14H20ClN3O3/c1-8-9(12(15)18(5)17-8)6-7-10(19)16-11(13(20)21)14(2,3)4/h6-7,11H,1-5H3,(H,16,19)(H,20,21)/b7-6+/t11-/m0/s1. The van der Waals surface area contributed by atoms with Gasteiger partial charge in [-0.05, 0) is 18.4 Å². The van der Waals surface area contributed by atoms with E-state index in [0.717, 1.165) is 0 Å². The predicted octanol–water partition coefficient (Wildman–Crippen LogP) is 2.01. The molecule has 0 aliphatic carbocycles. The van der Waals surface area contributed by atoms with E-state index in [1.54, 1.807) is 34.7 Å². The number of aromatic nitrogens is 2. The van der Waals surface area contributed by atoms with Crippen molar-refractivity contribution in [2.45, 2.75) is 33.7 Å². The minimum absolute atomic E-state index is 0.419. The van der Waals surface area contributed by atoms with Crippen molar-refractivity contribution in [3.05, 3.63) is 22.5 Å². The smallest absolute Gasteiger partial charge is 0.326 e. The predicted molar refractivity (Wildman–Crippen MR) is 81.0 cm³/mol. The fraction of sp³-hybridized carbons (Fsp3) is 0.500. The minimum atomic E-state index is -1.07. The number of hydrogen-bond donors (Lipinski definition) is 2. The van der Waals surface area contributed by atoms with Gasteiger partial charge in [-0.15, -0.1) is 0 Å². The van der Waals surface area contributed by atoms with Crippen LogP contribution in [0.15, 0.2) is 6.08 Å². The highest BCUT2D eigenvalue weighted by molar-refractivity contribution is 6.31. The Morgan fingerprint density at radius 2 is 2.00 bits per heavy atom. The van der Waals surface area contributed by atoms with Crippen LogP contribution in [0.3, 0.4) is 0 Å². The second-order valence-electron chi connectivity index (χ2n) is 5.89. The number of carboxylic acids is 1. The lowest BCUT2D eigenvalue weighted by Gasteiger charge is -2.27. The number of halogens is 1. The van der Waals surface area contributed by atoms with Crippen molar-refractivity contribution in [1.29, 1.82) is 0 Å². The van der Waals surface area contributed by atoms with E-state index < -0.39 is 23.3 Å². The third kappa shape index (κ3) is 4.32. The van der Waals surface area contributed by atoms with Crippen LogP contribution in [-0.4, -0.2) is 32.8 Å². The van der Waals surface area contributed by atoms with Gasteiger partial charge in [0.1, 0.15) is 11.2 Å². The second-order valence-corrected chi connectivity index (χ2v) is 6.25. The van der Waals surface area contributed by atoms with Crippen LogP contribution in [-0.2, 0) is 16.6 Å². The summed E-state index contributed by atoms with van der Waals surface area (Å²) >= 11 is 6.05. The average molecular weight is 314 g/mol. The van der Waals surface area contributed by atoms with Crippen LogP contribution in [0.1, 0.15) is 32.0 Å². The summed E-state index contributed by atoms with van der Waals surface area (Å²) in [7, 11) is 1.70. The lowest BCUT2D eigenvalue weighted by Crippen LogP contribution is -2.48. The molecule has 1 aromatic rings. The maximum atomic E-state index is 11.9. The summed E-state index contributed by atoms with van der Waals surface area (Å²) in [5.74, 6) is -1.56. The van der Waals surface area contributed by atoms with Crippen LogP contribution in [0, 0.1) is 12.3 Å². The Morgan fingerprint density at radius 1 is 1.43 bits per heavy atom. The van der Waals surface area contributed by atoms with Crippen molar-refractivity contribution >= 4 is 29.6 Å². The van der Waals surface area contributed by atoms with Crippen molar-refractivity contribution in [2.24, 2.45) is 12.5 Å². The van der Waals surface area contributed by atoms with Crippen molar-refractivity contribution in [1.82, 2.24) is 15.1 Å². The van der Waals surface area contributed by atoms with Crippen LogP contribution in [0.4, 0.5) is 0 Å². The number of rotatable bonds is 4. The first-order chi connectivity index (χ1) is 9.54. The number of carbonyl (C=O) groups is 2. The maximum absolute atomic E-state index is 11.9. The van der Waals surface area contributed by atoms with Gasteiger partial charge in [0.15, 0.2) is 0 Å². The fourth-order valence-corrected chi connectivity index (χ4v) is 2.07. The molecule has 0 fully saturated rings. The number of amides is 1. The number of nitrogens with zero attached hydrogens (tertiary/aromatic N) is 2. The largest absolute Gasteiger partial charge is 0.480 e. The Hall–Kier alpha value is -1.82. The van der Waals surface area contributed by atoms with Crippen LogP contribution in [0.5, 0.6) is 0 Å². The molecule has 0 aliphatic rings. The number of aliphatic carboxylic acids is 1. The van der Waals surface area contributed by atoms with Crippen LogP contribution >= 0.6 is 11.6 Å². The molecule has 116 valence electrons. The molecule has 7 heteroatoms. The van der Waals surface area contributed by atoms with E-state index in [-0.39, 0.29) is 0 Å². The van der Waals surface area contributed by atoms with Crippen molar-refractivity contribution in [2.75, 3.05) is 0 Å². The lowest BCUT2D eigenvalue weighted by molar-refractivity contribution is -0.144. The fourth-order valence-electron chi connectivity index (χ4n) is 1.83. The van der Waals surface area contributed by atoms with Gasteiger partial charge < -0.3 is 10.4 Å². The second kappa shape index (κ2) is 6.30. The van der Waals surface area contributed by atoms with Gasteiger partial charge >= 0.3 is 5.97 Å². The Bertz CT molecular complexity index is 585. The van der Waals surface area contributed by atoms with E-state index in [0.29, 0.717) is 16.4 Å². The molecule has 2 N–H and O–H groups in total. The highest BCUT2D eigenvalue weighted by Crippen LogP contribution is 2.21. The molecular weight excluding hydrogens is 294 g/mol. The minimum Gasteiger partial charge on any atom is -0.480 e. The third-order valence-electron chi connectivity index (χ3n) is 3.00. The zero-order chi connectivity index (χ0) is 16.4. The third-order valence-corrected chi connectivity index (χ3v) is 3.45. The quantitative estimate of drug-likeness (QED) is 0.833. The molecule has 1 heterocycles. The molecule has 6 nitrogen and oxygen atoms in total. The molecule has 1 aromatic heterocycles. The molecule has 0 saturated heterocycles. The Labute approximate surface area is 128 Å². The Kier molecular flexibility index (Phi) is 5.17. The van der Waals surface area contributed by atoms with Crippen LogP contribution < -0.4 is 5.32 Å². The van der Waals surface area contributed by atoms with Gasteiger partial charge in [-0.2, -0.15) is 5.10 Å². The van der Waals surface area contributed by atoms with E-state index in [4.69, 9.17) is 16.7 Å². The average Bonchev–Trinajstić information content (AvgIpc) is 2.56. The molecule has 0 bridgehead atoms. The first-order valence-electron chi connectivity index (χ1n) is 6.44. The van der Waals surface area contributed by atoms with Crippen molar-refractivity contribution in [3.8, 4) is 0 Å². The summed E-state index contributed by atoms with van der Waals surface area (Å²) in [6, 6.07) is -0.972. The topological polar surface area (TPSA) is 84.2 Å². The molecule has 21 heavy (non-hydrogen) atoms. The first kappa shape index (κ1) is 17.2. The van der Waals surface area contributed by atoms with Gasteiger partial charge in [0.05, 0.1) is 5.69 Å². The molecule has 0 aromatic carbocycles. The maximum Gasteiger partial charge on any atom is 0.326 e. The number of nitrogens with one attached hydrogen (secondary N) is 1. The molecule has 0 radical (unpaired) electrons. The first-order valence-corrected chi connectivity index (χ1v) is 6.82. The summed E-state index contributed by atoms with van der Waals surface area (Å²) in [6.45, 7) is 7.02. The number of carboxylic acid groups (broad SMARTS) is 1. The van der Waals surface area contributed by atoms with E-state index in [1.807, 2.05) is 0 Å². The van der Waals surface area contributed by atoms with Gasteiger partial charge in [-0.3, -0.25) is 9.48 Å². The van der Waals surface area contributed by atoms with Gasteiger partial charge in [-0.25, -0.2) is 4.79 Å². The van der Waals surface area contributed by atoms with Crippen LogP contribution in [0.25, 0.3) is 6.08 Å². The zero-order valence-electron chi connectivity index (χ0n) is 12.8. The van der Waals surface area contributed by atoms with E-state index >= 15 is 0 Å². The van der Waals surface area contributed by atoms with E-state index in [9.17, 15) is 9.59 Å². The molecular formula is C14H20ClN3O3. The van der Waals surface area contributed by atoms with Gasteiger partial charge in [0.25, 0.3) is 0 Å². The molecule has 0 spiro atoms. The van der Waals surface area contributed by atoms with Crippen molar-refractivity contribution < 1.29 is 14.7 Å². The normalized spacial score (nSPS) is 13.4. The molecule has 1 amide bonds. The zero-order valence-corrected chi connectivity index (χ0v) is 13.5. The molecule has 0 aliphatic heterocycles. The van der Waals surface area contributed by atoms with E-state index in [1.165, 1.54) is 16.8 Å². The Balaban J connectivity index is 2.86. The van der Waals surface area contributed by atoms with Gasteiger partial charge in [-0.1, -0.05) is 32.4 Å². The van der Waals surface area contributed by atoms with E-state index in [2.05, 4.69) is 10.4 Å². The summed E-state index contributed by atoms with van der Waals surface area (Å²) in [6.07, 6.45) is 2.79. The van der Waals surface area contributed by atoms with Crippen molar-refractivity contribution in [3.63, 3.8) is 0 Å². The molecule has 0 saturated carbocycles. The number of hydrogen-bond acceptors (Lipinski definition) is 3. The summed E-state index contributed by atoms with van der Waals surface area (Å²) < 4.78 is 1.50. The number of aryl methyl sites for hydroxylation is 2. The molecule has 1 atom stereocenters. The number of carbonyl (C=O) groups excluding carboxylic acids is 1. The molecule has 1 rings (SSSR count). The van der Waals surface area contributed by atoms with Gasteiger partial charge in [0.2, 0.25) is 5.91 Å². The molecule has 0 unspecified atom stereocenters. The summed E-state index contributed by atoms with van der Waals surface area (Å²) in [4.78, 5) is 23.1. The SMILES string of the molecule is Cc1nn(C)c(Cl)c1/C=C/C(=O)N[C@@H](C(=O)O)C(C)(C)C. The monoisotopic (exact) mass is 313 g/mol. The summed E-state index contributed by atoms with van der Waals surface area (Å²) in [5, 5.41) is 16.2. The summed E-state index contributed by atoms with van der Waals surface area (Å²) in [5.41, 5.74) is 0.742. The van der Waals surface area contributed by atoms with Crippen LogP contribution in [0.2, 0.25) is 5.15 Å². The highest BCUT2D eigenvalue weighted by Gasteiger charge is 2.32. The lowest BCUT2D eigenvalue weighted by atomic mass is 9.87. The van der Waals surface area contributed by atoms with Gasteiger partial charge in [0, 0.05) is 18.7 Å². The highest BCUT2D eigenvalue weighted by atomic mass is 35.5. The Morgan fingerprint density at radius 3 is 2.38 bits per heavy atom.